The molecule has 2 rings (SSSR count). The van der Waals surface area contributed by atoms with E-state index in [1.807, 2.05) is 39.0 Å². The van der Waals surface area contributed by atoms with E-state index in [2.05, 4.69) is 5.32 Å². The molecule has 1 aliphatic heterocycles. The monoisotopic (exact) mass is 296 g/mol. The zero-order valence-electron chi connectivity index (χ0n) is 12.7. The Morgan fingerprint density at radius 1 is 1.33 bits per heavy atom. The predicted octanol–water partition coefficient (Wildman–Crippen LogP) is 3.17. The largest absolute Gasteiger partial charge is 0.316 e. The van der Waals surface area contributed by atoms with Crippen molar-refractivity contribution in [3.63, 3.8) is 0 Å². The maximum absolute atomic E-state index is 12.8. The Kier molecular flexibility index (Phi) is 4.93. The molecule has 1 aliphatic rings. The number of nitrogens with zero attached hydrogens (tertiary/aromatic N) is 1. The lowest BCUT2D eigenvalue weighted by molar-refractivity contribution is -0.132. The summed E-state index contributed by atoms with van der Waals surface area (Å²) in [5.74, 6) is -0.219. The number of alkyl halides is 2. The van der Waals surface area contributed by atoms with Crippen molar-refractivity contribution in [1.82, 2.24) is 10.2 Å². The third-order valence-electron chi connectivity index (χ3n) is 3.89. The molecule has 116 valence electrons. The van der Waals surface area contributed by atoms with Gasteiger partial charge < -0.3 is 4.90 Å². The second-order valence-corrected chi connectivity index (χ2v) is 5.65. The quantitative estimate of drug-likeness (QED) is 0.905. The topological polar surface area (TPSA) is 32.3 Å². The molecule has 0 aromatic heterocycles. The van der Waals surface area contributed by atoms with Crippen molar-refractivity contribution in [2.75, 3.05) is 6.54 Å². The van der Waals surface area contributed by atoms with Gasteiger partial charge in [-0.2, -0.15) is 0 Å². The average molecular weight is 296 g/mol. The summed E-state index contributed by atoms with van der Waals surface area (Å²) < 4.78 is 25.6. The van der Waals surface area contributed by atoms with Gasteiger partial charge in [0.15, 0.2) is 0 Å². The van der Waals surface area contributed by atoms with E-state index in [9.17, 15) is 13.6 Å². The van der Waals surface area contributed by atoms with E-state index in [0.29, 0.717) is 6.42 Å². The standard InChI is InChI=1S/C16H22F2N2O/c1-4-5-13-16(21)20(9-14(17)18)15(19-13)12-8-10(2)6-7-11(12)3/h6-8,13-15,19H,4-5,9H2,1-3H3. The normalized spacial score (nSPS) is 22.4. The summed E-state index contributed by atoms with van der Waals surface area (Å²) >= 11 is 0. The van der Waals surface area contributed by atoms with Gasteiger partial charge in [-0.1, -0.05) is 37.1 Å². The van der Waals surface area contributed by atoms with Gasteiger partial charge in [0.1, 0.15) is 6.17 Å². The van der Waals surface area contributed by atoms with Crippen LogP contribution in [-0.2, 0) is 4.79 Å². The zero-order chi connectivity index (χ0) is 15.6. The van der Waals surface area contributed by atoms with Crippen molar-refractivity contribution in [1.29, 1.82) is 0 Å². The molecule has 0 saturated carbocycles. The molecular weight excluding hydrogens is 274 g/mol. The van der Waals surface area contributed by atoms with Crippen LogP contribution in [0.3, 0.4) is 0 Å². The Morgan fingerprint density at radius 3 is 2.67 bits per heavy atom. The Hall–Kier alpha value is -1.49. The summed E-state index contributed by atoms with van der Waals surface area (Å²) in [7, 11) is 0. The molecule has 1 aromatic carbocycles. The molecule has 1 saturated heterocycles. The molecule has 0 bridgehead atoms. The molecule has 1 fully saturated rings. The Bertz CT molecular complexity index is 519. The fourth-order valence-electron chi connectivity index (χ4n) is 2.83. The van der Waals surface area contributed by atoms with Crippen molar-refractivity contribution >= 4 is 5.91 Å². The molecule has 1 heterocycles. The molecule has 0 radical (unpaired) electrons. The van der Waals surface area contributed by atoms with Crippen molar-refractivity contribution in [2.45, 2.75) is 52.2 Å². The van der Waals surface area contributed by atoms with Gasteiger partial charge in [0, 0.05) is 0 Å². The van der Waals surface area contributed by atoms with Gasteiger partial charge in [-0.3, -0.25) is 10.1 Å². The minimum atomic E-state index is -2.52. The molecule has 21 heavy (non-hydrogen) atoms. The third-order valence-corrected chi connectivity index (χ3v) is 3.89. The Balaban J connectivity index is 2.34. The lowest BCUT2D eigenvalue weighted by Crippen LogP contribution is -2.35. The summed E-state index contributed by atoms with van der Waals surface area (Å²) in [5, 5.41) is 3.22. The van der Waals surface area contributed by atoms with Crippen LogP contribution < -0.4 is 5.32 Å². The number of rotatable bonds is 5. The van der Waals surface area contributed by atoms with Gasteiger partial charge in [-0.25, -0.2) is 8.78 Å². The lowest BCUT2D eigenvalue weighted by Gasteiger charge is -2.25. The smallest absolute Gasteiger partial charge is 0.255 e. The number of nitrogens with one attached hydrogen (secondary N) is 1. The molecule has 2 unspecified atom stereocenters. The first-order valence-electron chi connectivity index (χ1n) is 7.35. The molecule has 1 N–H and O–H groups in total. The number of hydrogen-bond donors (Lipinski definition) is 1. The highest BCUT2D eigenvalue weighted by Gasteiger charge is 2.40. The average Bonchev–Trinajstić information content (AvgIpc) is 2.71. The summed E-state index contributed by atoms with van der Waals surface area (Å²) in [6, 6.07) is 5.55. The van der Waals surface area contributed by atoms with Crippen LogP contribution in [0.4, 0.5) is 8.78 Å². The van der Waals surface area contributed by atoms with E-state index in [-0.39, 0.29) is 11.9 Å². The van der Waals surface area contributed by atoms with Gasteiger partial charge in [0.2, 0.25) is 5.91 Å². The van der Waals surface area contributed by atoms with E-state index in [1.165, 1.54) is 4.90 Å². The first-order valence-corrected chi connectivity index (χ1v) is 7.35. The van der Waals surface area contributed by atoms with Crippen LogP contribution >= 0.6 is 0 Å². The Morgan fingerprint density at radius 2 is 2.05 bits per heavy atom. The third kappa shape index (κ3) is 3.40. The second kappa shape index (κ2) is 6.52. The predicted molar refractivity (Wildman–Crippen MR) is 78.2 cm³/mol. The zero-order valence-corrected chi connectivity index (χ0v) is 12.7. The van der Waals surface area contributed by atoms with Gasteiger partial charge in [-0.15, -0.1) is 0 Å². The molecule has 3 nitrogen and oxygen atoms in total. The molecule has 1 aromatic rings. The summed E-state index contributed by atoms with van der Waals surface area (Å²) in [6.07, 6.45) is -1.47. The van der Waals surface area contributed by atoms with Crippen LogP contribution in [0.5, 0.6) is 0 Å². The van der Waals surface area contributed by atoms with E-state index < -0.39 is 19.1 Å². The number of carbonyl (C=O) groups is 1. The van der Waals surface area contributed by atoms with Crippen LogP contribution in [0.25, 0.3) is 0 Å². The number of amides is 1. The van der Waals surface area contributed by atoms with E-state index in [4.69, 9.17) is 0 Å². The van der Waals surface area contributed by atoms with Crippen molar-refractivity contribution in [3.8, 4) is 0 Å². The highest BCUT2D eigenvalue weighted by molar-refractivity contribution is 5.84. The number of hydrogen-bond acceptors (Lipinski definition) is 2. The van der Waals surface area contributed by atoms with Gasteiger partial charge in [-0.05, 0) is 31.4 Å². The van der Waals surface area contributed by atoms with E-state index >= 15 is 0 Å². The van der Waals surface area contributed by atoms with Crippen LogP contribution in [0.1, 0.15) is 42.6 Å². The minimum absolute atomic E-state index is 0.219. The first kappa shape index (κ1) is 15.9. The fourth-order valence-corrected chi connectivity index (χ4v) is 2.83. The number of carbonyl (C=O) groups excluding carboxylic acids is 1. The molecular formula is C16H22F2N2O. The van der Waals surface area contributed by atoms with Crippen LogP contribution in [0.15, 0.2) is 18.2 Å². The van der Waals surface area contributed by atoms with Gasteiger partial charge in [0.05, 0.1) is 12.6 Å². The summed E-state index contributed by atoms with van der Waals surface area (Å²) in [5.41, 5.74) is 2.96. The van der Waals surface area contributed by atoms with Crippen LogP contribution in [0.2, 0.25) is 0 Å². The maximum Gasteiger partial charge on any atom is 0.255 e. The van der Waals surface area contributed by atoms with Crippen LogP contribution in [-0.4, -0.2) is 29.8 Å². The lowest BCUT2D eigenvalue weighted by atomic mass is 10.0. The summed E-state index contributed by atoms with van der Waals surface area (Å²) in [6.45, 7) is 5.36. The van der Waals surface area contributed by atoms with Crippen molar-refractivity contribution in [2.24, 2.45) is 0 Å². The second-order valence-electron chi connectivity index (χ2n) is 5.65. The van der Waals surface area contributed by atoms with E-state index in [0.717, 1.165) is 23.1 Å². The molecule has 0 aliphatic carbocycles. The minimum Gasteiger partial charge on any atom is -0.316 e. The number of benzene rings is 1. The number of halogens is 2. The van der Waals surface area contributed by atoms with Gasteiger partial charge >= 0.3 is 0 Å². The van der Waals surface area contributed by atoms with Gasteiger partial charge in [0.25, 0.3) is 6.43 Å². The van der Waals surface area contributed by atoms with Crippen molar-refractivity contribution < 1.29 is 13.6 Å². The SMILES string of the molecule is CCCC1NC(c2cc(C)ccc2C)N(CC(F)F)C1=O. The molecule has 2 atom stereocenters. The summed E-state index contributed by atoms with van der Waals surface area (Å²) in [4.78, 5) is 13.6. The molecule has 1 amide bonds. The first-order chi connectivity index (χ1) is 9.93. The number of aryl methyl sites for hydroxylation is 2. The fraction of sp³-hybridized carbons (Fsp3) is 0.562. The molecule has 5 heteroatoms. The van der Waals surface area contributed by atoms with Crippen molar-refractivity contribution in [3.05, 3.63) is 34.9 Å². The highest BCUT2D eigenvalue weighted by atomic mass is 19.3. The molecule has 0 spiro atoms. The Labute approximate surface area is 124 Å². The van der Waals surface area contributed by atoms with Crippen LogP contribution in [0, 0.1) is 13.8 Å². The maximum atomic E-state index is 12.8. The van der Waals surface area contributed by atoms with E-state index in [1.54, 1.807) is 0 Å². The highest BCUT2D eigenvalue weighted by Crippen LogP contribution is 2.30.